The normalized spacial score (nSPS) is 19.4. The van der Waals surface area contributed by atoms with Crippen molar-refractivity contribution < 1.29 is 0 Å². The zero-order chi connectivity index (χ0) is 18.2. The SMILES string of the molecule is CC1=CC(C)([Si](C)(C)C(c2ccccc2)c2ccccc2)C(C)=C1C.[K].[K]. The molecule has 1 unspecified atom stereocenters. The summed E-state index contributed by atoms with van der Waals surface area (Å²) in [5.74, 6) is 0. The molecule has 1 aliphatic rings. The zero-order valence-electron chi connectivity index (χ0n) is 18.4. The summed E-state index contributed by atoms with van der Waals surface area (Å²) in [6.07, 6.45) is 2.56. The fraction of sp³-hybridized carbons (Fsp3) is 0.333. The Morgan fingerprint density at radius 3 is 1.48 bits per heavy atom. The minimum absolute atomic E-state index is 0. The van der Waals surface area contributed by atoms with Gasteiger partial charge in [0.15, 0.2) is 0 Å². The van der Waals surface area contributed by atoms with Crippen LogP contribution in [0.2, 0.25) is 18.1 Å². The molecule has 0 N–H and O–H groups in total. The second-order valence-electron chi connectivity index (χ2n) is 8.26. The average molecular weight is 425 g/mol. The third kappa shape index (κ3) is 5.01. The van der Waals surface area contributed by atoms with Gasteiger partial charge < -0.3 is 0 Å². The van der Waals surface area contributed by atoms with Gasteiger partial charge in [0.2, 0.25) is 0 Å². The number of hydrogen-bond acceptors (Lipinski definition) is 0. The van der Waals surface area contributed by atoms with Gasteiger partial charge in [-0.1, -0.05) is 97.9 Å². The molecule has 0 bridgehead atoms. The van der Waals surface area contributed by atoms with Gasteiger partial charge in [-0.25, -0.2) is 0 Å². The molecule has 0 heterocycles. The van der Waals surface area contributed by atoms with Crippen LogP contribution in [0.5, 0.6) is 0 Å². The van der Waals surface area contributed by atoms with Gasteiger partial charge in [-0.2, -0.15) is 0 Å². The standard InChI is InChI=1S/C24H30Si.2K/c1-18-17-24(4,20(3)19(18)2)25(5,6)23(21-13-9-7-10-14-21)22-15-11-8-12-16-22;;/h7-17,23H,1-6H3;;. The molecule has 1 atom stereocenters. The van der Waals surface area contributed by atoms with E-state index in [4.69, 9.17) is 0 Å². The Balaban J connectivity index is 0.00000182. The molecule has 0 amide bonds. The van der Waals surface area contributed by atoms with Gasteiger partial charge in [0.1, 0.15) is 0 Å². The first-order chi connectivity index (χ1) is 11.8. The van der Waals surface area contributed by atoms with Crippen molar-refractivity contribution in [2.75, 3.05) is 0 Å². The van der Waals surface area contributed by atoms with Crippen LogP contribution in [0, 0.1) is 0 Å². The van der Waals surface area contributed by atoms with Gasteiger partial charge in [0.25, 0.3) is 0 Å². The summed E-state index contributed by atoms with van der Waals surface area (Å²) in [7, 11) is -1.79. The first-order valence-corrected chi connectivity index (χ1v) is 12.3. The molecule has 0 aromatic heterocycles. The first kappa shape index (κ1) is 26.4. The average Bonchev–Trinajstić information content (AvgIpc) is 2.81. The Bertz CT molecular complexity index is 782. The molecule has 2 aromatic carbocycles. The van der Waals surface area contributed by atoms with Gasteiger partial charge in [0.05, 0.1) is 8.07 Å². The van der Waals surface area contributed by atoms with Gasteiger partial charge in [-0.3, -0.25) is 0 Å². The molecular formula is C24H30K2Si. The zero-order valence-corrected chi connectivity index (χ0v) is 25.7. The van der Waals surface area contributed by atoms with Crippen molar-refractivity contribution in [3.8, 4) is 0 Å². The van der Waals surface area contributed by atoms with Crippen LogP contribution >= 0.6 is 0 Å². The monoisotopic (exact) mass is 424 g/mol. The molecule has 0 fully saturated rings. The predicted molar refractivity (Wildman–Crippen MR) is 124 cm³/mol. The van der Waals surface area contributed by atoms with Crippen molar-refractivity contribution in [1.82, 2.24) is 0 Å². The van der Waals surface area contributed by atoms with E-state index in [0.717, 1.165) is 0 Å². The summed E-state index contributed by atoms with van der Waals surface area (Å²) in [5.41, 5.74) is 7.90. The fourth-order valence-corrected chi connectivity index (χ4v) is 9.01. The molecule has 0 spiro atoms. The van der Waals surface area contributed by atoms with E-state index in [2.05, 4.69) is 108 Å². The van der Waals surface area contributed by atoms with Crippen LogP contribution < -0.4 is 0 Å². The third-order valence-electron chi connectivity index (χ3n) is 6.76. The molecule has 0 aliphatic heterocycles. The molecule has 2 radical (unpaired) electrons. The van der Waals surface area contributed by atoms with Crippen molar-refractivity contribution in [2.45, 2.75) is 51.4 Å². The summed E-state index contributed by atoms with van der Waals surface area (Å²) in [6.45, 7) is 14.5. The quantitative estimate of drug-likeness (QED) is 0.501. The molecule has 0 nitrogen and oxygen atoms in total. The largest absolute Gasteiger partial charge is 0.0752 e. The van der Waals surface area contributed by atoms with Crippen molar-refractivity contribution in [3.05, 3.63) is 94.6 Å². The first-order valence-electron chi connectivity index (χ1n) is 9.26. The fourth-order valence-electron chi connectivity index (χ4n) is 4.62. The second-order valence-corrected chi connectivity index (χ2v) is 13.3. The van der Waals surface area contributed by atoms with Gasteiger partial charge >= 0.3 is 0 Å². The van der Waals surface area contributed by atoms with Gasteiger partial charge in [0, 0.05) is 113 Å². The molecule has 3 heteroatoms. The van der Waals surface area contributed by atoms with Crippen LogP contribution in [0.4, 0.5) is 0 Å². The maximum absolute atomic E-state index is 2.57. The van der Waals surface area contributed by atoms with Crippen LogP contribution in [-0.2, 0) is 0 Å². The molecule has 0 saturated carbocycles. The van der Waals surface area contributed by atoms with Crippen molar-refractivity contribution >= 4 is 111 Å². The van der Waals surface area contributed by atoms with Gasteiger partial charge in [-0.05, 0) is 37.5 Å². The van der Waals surface area contributed by atoms with Crippen molar-refractivity contribution in [2.24, 2.45) is 0 Å². The summed E-state index contributed by atoms with van der Waals surface area (Å²) in [5, 5.41) is 0.178. The van der Waals surface area contributed by atoms with E-state index in [1.165, 1.54) is 22.3 Å². The minimum atomic E-state index is -1.79. The summed E-state index contributed by atoms with van der Waals surface area (Å²) in [6, 6.07) is 22.2. The molecule has 0 saturated heterocycles. The van der Waals surface area contributed by atoms with E-state index < -0.39 is 8.07 Å². The van der Waals surface area contributed by atoms with Crippen molar-refractivity contribution in [1.29, 1.82) is 0 Å². The molecule has 2 aromatic rings. The van der Waals surface area contributed by atoms with Crippen LogP contribution in [-0.4, -0.2) is 111 Å². The molecule has 27 heavy (non-hydrogen) atoms. The van der Waals surface area contributed by atoms with Gasteiger partial charge in [-0.15, -0.1) is 0 Å². The second kappa shape index (κ2) is 10.6. The molecule has 3 rings (SSSR count). The number of allylic oxidation sites excluding steroid dienone is 4. The minimum Gasteiger partial charge on any atom is -0.0741 e. The van der Waals surface area contributed by atoms with E-state index in [1.54, 1.807) is 5.57 Å². The van der Waals surface area contributed by atoms with E-state index in [1.807, 2.05) is 0 Å². The number of benzene rings is 2. The number of hydrogen-bond donors (Lipinski definition) is 0. The van der Waals surface area contributed by atoms with E-state index in [-0.39, 0.29) is 108 Å². The Labute approximate surface area is 252 Å². The summed E-state index contributed by atoms with van der Waals surface area (Å²) >= 11 is 0. The van der Waals surface area contributed by atoms with Crippen molar-refractivity contribution in [3.63, 3.8) is 0 Å². The Hall–Kier alpha value is 1.41. The smallest absolute Gasteiger partial charge is 0.0741 e. The third-order valence-corrected chi connectivity index (χ3v) is 12.1. The maximum Gasteiger partial charge on any atom is 0.0752 e. The van der Waals surface area contributed by atoms with Crippen LogP contribution in [0.25, 0.3) is 0 Å². The number of rotatable bonds is 4. The summed E-state index contributed by atoms with van der Waals surface area (Å²) < 4.78 is 0. The topological polar surface area (TPSA) is 0 Å². The molecular weight excluding hydrogens is 395 g/mol. The van der Waals surface area contributed by atoms with E-state index >= 15 is 0 Å². The predicted octanol–water partition coefficient (Wildman–Crippen LogP) is 6.36. The van der Waals surface area contributed by atoms with Crippen LogP contribution in [0.1, 0.15) is 44.4 Å². The molecule has 1 aliphatic carbocycles. The van der Waals surface area contributed by atoms with Crippen LogP contribution in [0.15, 0.2) is 83.5 Å². The Kier molecular flexibility index (Phi) is 10.4. The Morgan fingerprint density at radius 2 is 1.15 bits per heavy atom. The van der Waals surface area contributed by atoms with E-state index in [0.29, 0.717) is 5.54 Å². The van der Waals surface area contributed by atoms with Crippen LogP contribution in [0.3, 0.4) is 0 Å². The molecule has 132 valence electrons. The maximum atomic E-state index is 2.57. The Morgan fingerprint density at radius 1 is 0.741 bits per heavy atom. The summed E-state index contributed by atoms with van der Waals surface area (Å²) in [4.78, 5) is 0. The van der Waals surface area contributed by atoms with E-state index in [9.17, 15) is 0 Å².